The van der Waals surface area contributed by atoms with Gasteiger partial charge in [0.25, 0.3) is 0 Å². The minimum absolute atomic E-state index is 0.580. The zero-order valence-corrected chi connectivity index (χ0v) is 8.43. The van der Waals surface area contributed by atoms with E-state index in [4.69, 9.17) is 5.41 Å². The van der Waals surface area contributed by atoms with E-state index < -0.39 is 0 Å². The molecule has 3 heteroatoms. The summed E-state index contributed by atoms with van der Waals surface area (Å²) >= 11 is 0. The SMILES string of the molecule is C=C/C=C(\C=N)C=NCc1cccnc1. The molecule has 0 bridgehead atoms. The molecule has 0 saturated carbocycles. The molecular formula is C12H13N3. The zero-order valence-electron chi connectivity index (χ0n) is 8.43. The predicted molar refractivity (Wildman–Crippen MR) is 63.5 cm³/mol. The molecule has 0 fully saturated rings. The van der Waals surface area contributed by atoms with E-state index in [1.807, 2.05) is 12.1 Å². The molecular weight excluding hydrogens is 186 g/mol. The smallest absolute Gasteiger partial charge is 0.0655 e. The van der Waals surface area contributed by atoms with E-state index in [1.54, 1.807) is 30.8 Å². The summed E-state index contributed by atoms with van der Waals surface area (Å²) in [5, 5.41) is 7.10. The summed E-state index contributed by atoms with van der Waals surface area (Å²) in [4.78, 5) is 8.19. The summed E-state index contributed by atoms with van der Waals surface area (Å²) in [5.41, 5.74) is 1.78. The van der Waals surface area contributed by atoms with Crippen molar-refractivity contribution >= 4 is 12.4 Å². The average molecular weight is 199 g/mol. The number of pyridine rings is 1. The molecule has 76 valence electrons. The molecule has 0 aliphatic heterocycles. The van der Waals surface area contributed by atoms with Crippen LogP contribution in [0.2, 0.25) is 0 Å². The summed E-state index contributed by atoms with van der Waals surface area (Å²) in [6, 6.07) is 3.84. The van der Waals surface area contributed by atoms with Crippen molar-refractivity contribution in [2.45, 2.75) is 6.54 Å². The van der Waals surface area contributed by atoms with Crippen LogP contribution in [-0.4, -0.2) is 17.4 Å². The van der Waals surface area contributed by atoms with Gasteiger partial charge in [0.2, 0.25) is 0 Å². The number of nitrogens with zero attached hydrogens (tertiary/aromatic N) is 2. The van der Waals surface area contributed by atoms with Gasteiger partial charge in [0.05, 0.1) is 6.54 Å². The van der Waals surface area contributed by atoms with Crippen LogP contribution in [0.1, 0.15) is 5.56 Å². The van der Waals surface area contributed by atoms with Crippen LogP contribution in [0, 0.1) is 5.41 Å². The number of nitrogens with one attached hydrogen (secondary N) is 1. The van der Waals surface area contributed by atoms with E-state index in [9.17, 15) is 0 Å². The Balaban J connectivity index is 2.56. The highest BCUT2D eigenvalue weighted by Crippen LogP contribution is 1.97. The summed E-state index contributed by atoms with van der Waals surface area (Å²) in [5.74, 6) is 0. The van der Waals surface area contributed by atoms with E-state index in [-0.39, 0.29) is 0 Å². The normalized spacial score (nSPS) is 11.6. The van der Waals surface area contributed by atoms with Crippen LogP contribution >= 0.6 is 0 Å². The lowest BCUT2D eigenvalue weighted by Gasteiger charge is -1.94. The first kappa shape index (κ1) is 11.0. The van der Waals surface area contributed by atoms with Crippen LogP contribution in [-0.2, 0) is 6.54 Å². The van der Waals surface area contributed by atoms with Crippen molar-refractivity contribution in [2.24, 2.45) is 4.99 Å². The Kier molecular flexibility index (Phi) is 4.73. The fraction of sp³-hybridized carbons (Fsp3) is 0.0833. The maximum absolute atomic E-state index is 7.10. The first-order valence-corrected chi connectivity index (χ1v) is 4.58. The highest BCUT2D eigenvalue weighted by molar-refractivity contribution is 6.03. The van der Waals surface area contributed by atoms with Gasteiger partial charge in [-0.3, -0.25) is 9.98 Å². The monoisotopic (exact) mass is 199 g/mol. The van der Waals surface area contributed by atoms with Crippen molar-refractivity contribution in [1.29, 1.82) is 5.41 Å². The quantitative estimate of drug-likeness (QED) is 0.574. The van der Waals surface area contributed by atoms with Gasteiger partial charge in [-0.25, -0.2) is 0 Å². The van der Waals surface area contributed by atoms with E-state index >= 15 is 0 Å². The van der Waals surface area contributed by atoms with Crippen LogP contribution in [0.15, 0.2) is 53.8 Å². The standard InChI is InChI=1S/C12H13N3/c1-2-4-11(7-13)8-15-10-12-5-3-6-14-9-12/h2-9,13H,1,10H2/b11-4+,13-7?,15-8?. The molecule has 1 aromatic heterocycles. The van der Waals surface area contributed by atoms with Gasteiger partial charge in [0.15, 0.2) is 0 Å². The zero-order chi connectivity index (χ0) is 10.9. The molecule has 1 rings (SSSR count). The van der Waals surface area contributed by atoms with Crippen molar-refractivity contribution in [1.82, 2.24) is 4.98 Å². The molecule has 0 aromatic carbocycles. The van der Waals surface area contributed by atoms with Gasteiger partial charge >= 0.3 is 0 Å². The number of aliphatic imine (C=N–C) groups is 1. The van der Waals surface area contributed by atoms with Crippen molar-refractivity contribution < 1.29 is 0 Å². The lowest BCUT2D eigenvalue weighted by Crippen LogP contribution is -1.87. The second kappa shape index (κ2) is 6.43. The number of allylic oxidation sites excluding steroid dienone is 3. The van der Waals surface area contributed by atoms with Crippen molar-refractivity contribution in [3.8, 4) is 0 Å². The van der Waals surface area contributed by atoms with Crippen LogP contribution < -0.4 is 0 Å². The highest BCUT2D eigenvalue weighted by atomic mass is 14.7. The third-order valence-electron chi connectivity index (χ3n) is 1.71. The fourth-order valence-corrected chi connectivity index (χ4v) is 1.01. The second-order valence-electron chi connectivity index (χ2n) is 2.88. The maximum Gasteiger partial charge on any atom is 0.0655 e. The number of hydrogen-bond donors (Lipinski definition) is 1. The highest BCUT2D eigenvalue weighted by Gasteiger charge is 1.88. The first-order valence-electron chi connectivity index (χ1n) is 4.58. The second-order valence-corrected chi connectivity index (χ2v) is 2.88. The van der Waals surface area contributed by atoms with Crippen molar-refractivity contribution in [3.05, 3.63) is 54.4 Å². The van der Waals surface area contributed by atoms with E-state index in [2.05, 4.69) is 16.6 Å². The Bertz CT molecular complexity index is 377. The predicted octanol–water partition coefficient (Wildman–Crippen LogP) is 2.41. The summed E-state index contributed by atoms with van der Waals surface area (Å²) in [6.45, 7) is 4.14. The van der Waals surface area contributed by atoms with Crippen LogP contribution in [0.25, 0.3) is 0 Å². The molecule has 1 aromatic rings. The van der Waals surface area contributed by atoms with Crippen LogP contribution in [0.4, 0.5) is 0 Å². The van der Waals surface area contributed by atoms with Gasteiger partial charge in [0.1, 0.15) is 0 Å². The van der Waals surface area contributed by atoms with Gasteiger partial charge < -0.3 is 5.41 Å². The molecule has 0 radical (unpaired) electrons. The molecule has 0 aliphatic rings. The number of rotatable bonds is 5. The fourth-order valence-electron chi connectivity index (χ4n) is 1.01. The third kappa shape index (κ3) is 4.13. The van der Waals surface area contributed by atoms with Gasteiger partial charge in [-0.15, -0.1) is 0 Å². The van der Waals surface area contributed by atoms with Crippen molar-refractivity contribution in [2.75, 3.05) is 0 Å². The molecule has 15 heavy (non-hydrogen) atoms. The topological polar surface area (TPSA) is 49.1 Å². The minimum atomic E-state index is 0.580. The molecule has 0 aliphatic carbocycles. The van der Waals surface area contributed by atoms with E-state index in [0.717, 1.165) is 11.1 Å². The maximum atomic E-state index is 7.10. The molecule has 1 N–H and O–H groups in total. The average Bonchev–Trinajstić information content (AvgIpc) is 2.29. The van der Waals surface area contributed by atoms with Gasteiger partial charge in [-0.05, 0) is 11.6 Å². The first-order chi connectivity index (χ1) is 7.36. The molecule has 0 amide bonds. The largest absolute Gasteiger partial charge is 0.308 e. The molecule has 3 nitrogen and oxygen atoms in total. The van der Waals surface area contributed by atoms with Crippen LogP contribution in [0.5, 0.6) is 0 Å². The molecule has 1 heterocycles. The van der Waals surface area contributed by atoms with Crippen LogP contribution in [0.3, 0.4) is 0 Å². The summed E-state index contributed by atoms with van der Waals surface area (Å²) in [7, 11) is 0. The third-order valence-corrected chi connectivity index (χ3v) is 1.71. The van der Waals surface area contributed by atoms with Crippen molar-refractivity contribution in [3.63, 3.8) is 0 Å². The lowest BCUT2D eigenvalue weighted by atomic mass is 10.2. The number of aromatic nitrogens is 1. The molecule has 0 unspecified atom stereocenters. The molecule has 0 spiro atoms. The van der Waals surface area contributed by atoms with Gasteiger partial charge in [-0.1, -0.05) is 24.8 Å². The van der Waals surface area contributed by atoms with Gasteiger partial charge in [0, 0.05) is 30.4 Å². The number of hydrogen-bond acceptors (Lipinski definition) is 3. The van der Waals surface area contributed by atoms with E-state index in [1.165, 1.54) is 6.21 Å². The van der Waals surface area contributed by atoms with E-state index in [0.29, 0.717) is 6.54 Å². The summed E-state index contributed by atoms with van der Waals surface area (Å²) < 4.78 is 0. The Labute approximate surface area is 89.4 Å². The summed E-state index contributed by atoms with van der Waals surface area (Å²) in [6.07, 6.45) is 9.78. The minimum Gasteiger partial charge on any atom is -0.308 e. The Hall–Kier alpha value is -2.03. The molecule has 0 atom stereocenters. The Morgan fingerprint density at radius 2 is 2.47 bits per heavy atom. The Morgan fingerprint density at radius 3 is 3.07 bits per heavy atom. The lowest BCUT2D eigenvalue weighted by molar-refractivity contribution is 1.05. The van der Waals surface area contributed by atoms with Gasteiger partial charge in [-0.2, -0.15) is 0 Å². The Morgan fingerprint density at radius 1 is 1.60 bits per heavy atom. The molecule has 0 saturated heterocycles.